The zero-order valence-electron chi connectivity index (χ0n) is 81.2. The van der Waals surface area contributed by atoms with Crippen LogP contribution in [-0.4, -0.2) is 0 Å². The summed E-state index contributed by atoms with van der Waals surface area (Å²) in [5, 5.41) is 7.79. The minimum absolute atomic E-state index is 0.363. The minimum Gasteiger partial charge on any atom is -0.310 e. The topological polar surface area (TPSA) is 9.72 Å². The second kappa shape index (κ2) is 35.8. The molecule has 0 bridgehead atoms. The SMILES string of the molecule is c1ccc(-c2cccc(N(c3ccccc3)c3cccc4sc5cc6c(cc5c34)-c3ccccc3C63c4ccccc4Sc4ccccc43)c2)cc1.c1ccc(-c2ccccc2N(c2ccccc2)c2cccc3sc4cc5c(cc4c23)-c2ccccc2C52c3ccccc3Sc3ccccc32)cc1.c1ccc(N(c2ccccc2)c2cccc3sc4cc5c(cc4c23)-c2ccccc2C52c3ccccc3Sc3ccccc32)cc1. The van der Waals surface area contributed by atoms with Crippen molar-refractivity contribution in [2.24, 2.45) is 0 Å². The maximum Gasteiger partial charge on any atom is 0.0735 e. The van der Waals surface area contributed by atoms with Gasteiger partial charge in [-0.1, -0.05) is 399 Å². The second-order valence-corrected chi connectivity index (χ2v) is 45.8. The number of hydrogen-bond acceptors (Lipinski definition) is 9. The summed E-state index contributed by atoms with van der Waals surface area (Å²) in [4.78, 5) is 15.3. The molecule has 3 nitrogen and oxygen atoms in total. The van der Waals surface area contributed by atoms with Crippen LogP contribution in [0.15, 0.2) is 569 Å². The van der Waals surface area contributed by atoms with Crippen molar-refractivity contribution >= 4 is 181 Å². The lowest BCUT2D eigenvalue weighted by Crippen LogP contribution is -2.31. The van der Waals surface area contributed by atoms with Crippen molar-refractivity contribution in [1.82, 2.24) is 0 Å². The lowest BCUT2D eigenvalue weighted by Gasteiger charge is -2.39. The predicted octanol–water partition coefficient (Wildman–Crippen LogP) is 40.4. The molecule has 3 aromatic heterocycles. The van der Waals surface area contributed by atoms with Crippen LogP contribution >= 0.6 is 69.3 Å². The molecule has 9 heteroatoms. The largest absolute Gasteiger partial charge is 0.310 e. The van der Waals surface area contributed by atoms with Crippen LogP contribution in [0.4, 0.5) is 51.2 Å². The average molecular weight is 2020 g/mol. The summed E-state index contributed by atoms with van der Waals surface area (Å²) >= 11 is 11.4. The van der Waals surface area contributed by atoms with Crippen molar-refractivity contribution in [2.45, 2.75) is 45.6 Å². The highest BCUT2D eigenvalue weighted by Gasteiger charge is 2.54. The first kappa shape index (κ1) is 88.5. The maximum atomic E-state index is 2.54. The minimum atomic E-state index is -0.387. The molecule has 0 atom stereocenters. The van der Waals surface area contributed by atoms with Gasteiger partial charge in [0.25, 0.3) is 0 Å². The van der Waals surface area contributed by atoms with Gasteiger partial charge < -0.3 is 14.7 Å². The van der Waals surface area contributed by atoms with Gasteiger partial charge in [0.05, 0.1) is 39.0 Å². The van der Waals surface area contributed by atoms with E-state index in [1.807, 2.05) is 69.3 Å². The third kappa shape index (κ3) is 13.5. The fourth-order valence-electron chi connectivity index (χ4n) is 25.6. The van der Waals surface area contributed by atoms with Gasteiger partial charge in [-0.2, -0.15) is 0 Å². The number of rotatable bonds is 11. The molecule has 0 N–H and O–H groups in total. The molecule has 150 heavy (non-hydrogen) atoms. The van der Waals surface area contributed by atoms with E-state index in [4.69, 9.17) is 0 Å². The summed E-state index contributed by atoms with van der Waals surface area (Å²) in [6.07, 6.45) is 0. The molecule has 0 unspecified atom stereocenters. The first-order chi connectivity index (χ1) is 74.4. The Kier molecular flexibility index (Phi) is 21.1. The number of para-hydroxylation sites is 5. The average Bonchev–Trinajstić information content (AvgIpc) is 1.52. The zero-order chi connectivity index (χ0) is 98.7. The van der Waals surface area contributed by atoms with Crippen molar-refractivity contribution in [1.29, 1.82) is 0 Å². The Morgan fingerprint density at radius 1 is 0.140 bits per heavy atom. The van der Waals surface area contributed by atoms with Gasteiger partial charge in [0.1, 0.15) is 0 Å². The summed E-state index contributed by atoms with van der Waals surface area (Å²) < 4.78 is 7.83. The molecule has 3 aliphatic heterocycles. The molecule has 26 aromatic rings. The highest BCUT2D eigenvalue weighted by molar-refractivity contribution is 8.00. The normalized spacial score (nSPS) is 13.5. The number of anilines is 9. The second-order valence-electron chi connectivity index (χ2n) is 39.3. The van der Waals surface area contributed by atoms with Gasteiger partial charge in [-0.05, 0) is 293 Å². The molecule has 6 aliphatic rings. The third-order valence-corrected chi connectivity index (χ3v) is 38.4. The van der Waals surface area contributed by atoms with Crippen molar-refractivity contribution in [2.75, 3.05) is 14.7 Å². The highest BCUT2D eigenvalue weighted by Crippen LogP contribution is 2.69. The predicted molar refractivity (Wildman–Crippen MR) is 637 cm³/mol. The molecular formula is C141H89N3S6. The van der Waals surface area contributed by atoms with Crippen LogP contribution in [-0.2, 0) is 16.2 Å². The zero-order valence-corrected chi connectivity index (χ0v) is 86.1. The molecule has 0 saturated carbocycles. The van der Waals surface area contributed by atoms with Crippen molar-refractivity contribution in [3.63, 3.8) is 0 Å². The van der Waals surface area contributed by atoms with Crippen LogP contribution in [0.3, 0.4) is 0 Å². The molecule has 3 spiro atoms. The van der Waals surface area contributed by atoms with Gasteiger partial charge in [0.2, 0.25) is 0 Å². The Bertz CT molecular complexity index is 9750. The molecule has 3 aliphatic carbocycles. The van der Waals surface area contributed by atoms with Crippen LogP contribution in [0.2, 0.25) is 0 Å². The summed E-state index contributed by atoms with van der Waals surface area (Å²) in [5.74, 6) is 0. The van der Waals surface area contributed by atoms with Gasteiger partial charge in [-0.15, -0.1) is 34.0 Å². The Balaban J connectivity index is 0.000000104. The first-order valence-corrected chi connectivity index (χ1v) is 56.1. The first-order valence-electron chi connectivity index (χ1n) is 51.2. The van der Waals surface area contributed by atoms with E-state index < -0.39 is 0 Å². The Morgan fingerprint density at radius 3 is 0.720 bits per heavy atom. The van der Waals surface area contributed by atoms with Crippen LogP contribution in [0.5, 0.6) is 0 Å². The lowest BCUT2D eigenvalue weighted by atomic mass is 9.67. The van der Waals surface area contributed by atoms with E-state index in [9.17, 15) is 0 Å². The van der Waals surface area contributed by atoms with Gasteiger partial charge in [0.15, 0.2) is 0 Å². The van der Waals surface area contributed by atoms with E-state index in [-0.39, 0.29) is 16.2 Å². The van der Waals surface area contributed by atoms with Gasteiger partial charge in [0, 0.05) is 124 Å². The Morgan fingerprint density at radius 2 is 0.380 bits per heavy atom. The molecule has 0 amide bonds. The number of fused-ring (bicyclic) bond motifs is 36. The van der Waals surface area contributed by atoms with Crippen molar-refractivity contribution in [3.05, 3.63) is 607 Å². The van der Waals surface area contributed by atoms with E-state index in [1.54, 1.807) is 0 Å². The smallest absolute Gasteiger partial charge is 0.0735 e. The van der Waals surface area contributed by atoms with Gasteiger partial charge in [-0.3, -0.25) is 0 Å². The fraction of sp³-hybridized carbons (Fsp3) is 0.0213. The maximum absolute atomic E-state index is 2.54. The monoisotopic (exact) mass is 2020 g/mol. The van der Waals surface area contributed by atoms with Crippen molar-refractivity contribution in [3.8, 4) is 55.6 Å². The van der Waals surface area contributed by atoms with Gasteiger partial charge >= 0.3 is 0 Å². The molecule has 0 radical (unpaired) electrons. The summed E-state index contributed by atoms with van der Waals surface area (Å²) in [5.41, 5.74) is 38.6. The quantitative estimate of drug-likeness (QED) is 0.127. The molecule has 6 heterocycles. The Labute approximate surface area is 895 Å². The number of hydrogen-bond donors (Lipinski definition) is 0. The number of benzene rings is 23. The summed E-state index contributed by atoms with van der Waals surface area (Å²) in [6, 6.07) is 199. The number of nitrogens with zero attached hydrogens (tertiary/aromatic N) is 3. The van der Waals surface area contributed by atoms with E-state index in [0.717, 1.165) is 34.1 Å². The van der Waals surface area contributed by atoms with Gasteiger partial charge in [-0.25, -0.2) is 0 Å². The summed E-state index contributed by atoms with van der Waals surface area (Å²) in [6.45, 7) is 0. The van der Waals surface area contributed by atoms with E-state index in [1.165, 1.54) is 229 Å². The molecule has 32 rings (SSSR count). The van der Waals surface area contributed by atoms with Crippen molar-refractivity contribution < 1.29 is 0 Å². The van der Waals surface area contributed by atoms with Crippen LogP contribution < -0.4 is 14.7 Å². The van der Waals surface area contributed by atoms with Crippen LogP contribution in [0.1, 0.15) is 66.8 Å². The fourth-order valence-corrected chi connectivity index (χ4v) is 32.6. The molecule has 0 fully saturated rings. The Hall–Kier alpha value is -16.8. The number of thiophene rings is 3. The molecule has 704 valence electrons. The summed E-state index contributed by atoms with van der Waals surface area (Å²) in [7, 11) is 0. The molecule has 0 saturated heterocycles. The lowest BCUT2D eigenvalue weighted by molar-refractivity contribution is 0.723. The standard InChI is InChI=1S/2C49H31NS2.C43H27NS2/c1-3-16-32(17-4-1)34-20-8-12-25-42(34)50(33-18-5-2-6-19-33)43-26-15-29-46-48(43)37-30-36-35-21-7-9-22-38(35)49(41(36)31-47(37)52-46)39-23-10-13-27-44(39)51-45-28-14-11-24-40(45)49;1-3-15-32(16-4-1)33-17-13-20-35(29-33)50(34-18-5-2-6-19-34)43-25-14-28-46-48(43)38-30-37-36-21-7-8-22-39(36)49(42(37)31-47(38)52-46)40-23-9-11-26-44(40)51-45-27-12-10-24-41(45)49;1-3-14-28(15-4-1)44(29-16-5-2-6-17-29)37-22-13-25-40-42(37)32-26-31-30-18-7-8-19-33(30)43(36(31)27-41(32)46-40)34-20-9-11-23-38(34)45-39-24-12-10-21-35(39)43/h2*1-31H;1-27H. The van der Waals surface area contributed by atoms with Crippen LogP contribution in [0.25, 0.3) is 116 Å². The van der Waals surface area contributed by atoms with Crippen LogP contribution in [0, 0.1) is 0 Å². The molecule has 23 aromatic carbocycles. The van der Waals surface area contributed by atoms with E-state index in [0.29, 0.717) is 0 Å². The van der Waals surface area contributed by atoms with E-state index >= 15 is 0 Å². The highest BCUT2D eigenvalue weighted by atomic mass is 32.2. The third-order valence-electron chi connectivity index (χ3n) is 31.5. The molecular weight excluding hydrogens is 1930 g/mol. The van der Waals surface area contributed by atoms with E-state index in [2.05, 4.69) is 555 Å².